The van der Waals surface area contributed by atoms with E-state index in [1.54, 1.807) is 11.8 Å². The molecule has 3 heteroatoms. The van der Waals surface area contributed by atoms with E-state index in [4.69, 9.17) is 0 Å². The Kier molecular flexibility index (Phi) is 4.08. The van der Waals surface area contributed by atoms with Gasteiger partial charge in [-0.2, -0.15) is 0 Å². The number of carbonyl (C=O) groups is 1. The maximum Gasteiger partial charge on any atom is 0.174 e. The maximum absolute atomic E-state index is 12.4. The molecule has 0 atom stereocenters. The summed E-state index contributed by atoms with van der Waals surface area (Å²) in [6.07, 6.45) is 0. The SMILES string of the molecule is Cc1cc(C(=O)CSc2ccc3ccccc3c2)c(C)n1C. The van der Waals surface area contributed by atoms with Crippen LogP contribution in [0.5, 0.6) is 0 Å². The molecule has 0 amide bonds. The quantitative estimate of drug-likeness (QED) is 0.511. The zero-order valence-electron chi connectivity index (χ0n) is 13.1. The van der Waals surface area contributed by atoms with Crippen molar-refractivity contribution in [3.8, 4) is 0 Å². The summed E-state index contributed by atoms with van der Waals surface area (Å²) in [5, 5.41) is 2.44. The van der Waals surface area contributed by atoms with Crippen molar-refractivity contribution in [3.63, 3.8) is 0 Å². The number of fused-ring (bicyclic) bond motifs is 1. The van der Waals surface area contributed by atoms with Crippen LogP contribution in [0.3, 0.4) is 0 Å². The van der Waals surface area contributed by atoms with E-state index in [1.165, 1.54) is 10.8 Å². The van der Waals surface area contributed by atoms with Gasteiger partial charge in [0.25, 0.3) is 0 Å². The van der Waals surface area contributed by atoms with Crippen LogP contribution in [-0.4, -0.2) is 16.1 Å². The first-order chi connectivity index (χ1) is 10.6. The van der Waals surface area contributed by atoms with Gasteiger partial charge in [-0.3, -0.25) is 4.79 Å². The van der Waals surface area contributed by atoms with E-state index in [0.717, 1.165) is 21.8 Å². The number of thioether (sulfide) groups is 1. The summed E-state index contributed by atoms with van der Waals surface area (Å²) in [5.74, 6) is 0.669. The number of aromatic nitrogens is 1. The number of benzene rings is 2. The summed E-state index contributed by atoms with van der Waals surface area (Å²) in [6, 6.07) is 16.6. The maximum atomic E-state index is 12.4. The van der Waals surface area contributed by atoms with Crippen molar-refractivity contribution < 1.29 is 4.79 Å². The molecule has 22 heavy (non-hydrogen) atoms. The van der Waals surface area contributed by atoms with Crippen LogP contribution in [-0.2, 0) is 7.05 Å². The minimum Gasteiger partial charge on any atom is -0.351 e. The lowest BCUT2D eigenvalue weighted by molar-refractivity contribution is 0.102. The molecule has 0 aliphatic carbocycles. The van der Waals surface area contributed by atoms with Crippen molar-refractivity contribution >= 4 is 28.3 Å². The van der Waals surface area contributed by atoms with E-state index < -0.39 is 0 Å². The molecule has 0 N–H and O–H groups in total. The van der Waals surface area contributed by atoms with Gasteiger partial charge in [-0.15, -0.1) is 11.8 Å². The van der Waals surface area contributed by atoms with Gasteiger partial charge in [-0.25, -0.2) is 0 Å². The molecule has 0 bridgehead atoms. The second kappa shape index (κ2) is 6.01. The molecule has 1 aromatic heterocycles. The highest BCUT2D eigenvalue weighted by Crippen LogP contribution is 2.25. The first kappa shape index (κ1) is 14.9. The average Bonchev–Trinajstić information content (AvgIpc) is 2.80. The van der Waals surface area contributed by atoms with E-state index in [2.05, 4.69) is 34.9 Å². The van der Waals surface area contributed by atoms with Crippen molar-refractivity contribution in [2.75, 3.05) is 5.75 Å². The molecule has 0 fully saturated rings. The molecule has 0 aliphatic heterocycles. The Morgan fingerprint density at radius 1 is 1.05 bits per heavy atom. The first-order valence-electron chi connectivity index (χ1n) is 7.34. The Morgan fingerprint density at radius 2 is 1.77 bits per heavy atom. The number of Topliss-reactive ketones (excluding diaryl/α,β-unsaturated/α-hetero) is 1. The third kappa shape index (κ3) is 2.81. The highest BCUT2D eigenvalue weighted by Gasteiger charge is 2.14. The summed E-state index contributed by atoms with van der Waals surface area (Å²) >= 11 is 1.60. The smallest absolute Gasteiger partial charge is 0.174 e. The second-order valence-corrected chi connectivity index (χ2v) is 6.61. The second-order valence-electron chi connectivity index (χ2n) is 5.56. The molecule has 3 aromatic rings. The largest absolute Gasteiger partial charge is 0.351 e. The summed E-state index contributed by atoms with van der Waals surface area (Å²) in [4.78, 5) is 13.6. The molecule has 0 unspecified atom stereocenters. The monoisotopic (exact) mass is 309 g/mol. The Balaban J connectivity index is 1.75. The number of carbonyl (C=O) groups excluding carboxylic acids is 1. The highest BCUT2D eigenvalue weighted by molar-refractivity contribution is 8.00. The Bertz CT molecular complexity index is 848. The van der Waals surface area contributed by atoms with Crippen LogP contribution in [0.1, 0.15) is 21.7 Å². The zero-order chi connectivity index (χ0) is 15.7. The van der Waals surface area contributed by atoms with Gasteiger partial charge < -0.3 is 4.57 Å². The molecule has 2 nitrogen and oxygen atoms in total. The number of rotatable bonds is 4. The van der Waals surface area contributed by atoms with Gasteiger partial charge in [0, 0.05) is 28.9 Å². The summed E-state index contributed by atoms with van der Waals surface area (Å²) in [5.41, 5.74) is 3.01. The van der Waals surface area contributed by atoms with Crippen molar-refractivity contribution in [1.82, 2.24) is 4.57 Å². The van der Waals surface area contributed by atoms with E-state index in [1.807, 2.05) is 39.1 Å². The number of ketones is 1. The predicted molar refractivity (Wildman–Crippen MR) is 93.9 cm³/mol. The summed E-state index contributed by atoms with van der Waals surface area (Å²) in [7, 11) is 2.00. The molecular formula is C19H19NOS. The lowest BCUT2D eigenvalue weighted by Crippen LogP contribution is -2.04. The fourth-order valence-electron chi connectivity index (χ4n) is 2.62. The fourth-order valence-corrected chi connectivity index (χ4v) is 3.45. The standard InChI is InChI=1S/C19H19NOS/c1-13-10-18(14(2)20(13)3)19(21)12-22-17-9-8-15-6-4-5-7-16(15)11-17/h4-11H,12H2,1-3H3. The Labute approximate surface area is 135 Å². The van der Waals surface area contributed by atoms with Gasteiger partial charge in [0.15, 0.2) is 5.78 Å². The van der Waals surface area contributed by atoms with Crippen LogP contribution in [0.15, 0.2) is 53.4 Å². The van der Waals surface area contributed by atoms with Crippen LogP contribution in [0, 0.1) is 13.8 Å². The van der Waals surface area contributed by atoms with E-state index in [-0.39, 0.29) is 5.78 Å². The fraction of sp³-hybridized carbons (Fsp3) is 0.211. The molecular weight excluding hydrogens is 290 g/mol. The summed E-state index contributed by atoms with van der Waals surface area (Å²) < 4.78 is 2.06. The van der Waals surface area contributed by atoms with E-state index >= 15 is 0 Å². The van der Waals surface area contributed by atoms with Gasteiger partial charge in [0.2, 0.25) is 0 Å². The molecule has 3 rings (SSSR count). The molecule has 0 aliphatic rings. The van der Waals surface area contributed by atoms with Crippen LogP contribution < -0.4 is 0 Å². The minimum absolute atomic E-state index is 0.194. The number of hydrogen-bond acceptors (Lipinski definition) is 2. The van der Waals surface area contributed by atoms with Crippen LogP contribution >= 0.6 is 11.8 Å². The Hall–Kier alpha value is -2.00. The number of aryl methyl sites for hydroxylation is 1. The normalized spacial score (nSPS) is 11.0. The number of nitrogens with zero attached hydrogens (tertiary/aromatic N) is 1. The van der Waals surface area contributed by atoms with Crippen LogP contribution in [0.25, 0.3) is 10.8 Å². The topological polar surface area (TPSA) is 22.0 Å². The van der Waals surface area contributed by atoms with E-state index in [9.17, 15) is 4.79 Å². The first-order valence-corrected chi connectivity index (χ1v) is 8.32. The third-order valence-corrected chi connectivity index (χ3v) is 5.16. The molecule has 1 heterocycles. The third-order valence-electron chi connectivity index (χ3n) is 4.17. The molecule has 0 saturated heterocycles. The van der Waals surface area contributed by atoms with E-state index in [0.29, 0.717) is 5.75 Å². The molecule has 0 spiro atoms. The molecule has 0 radical (unpaired) electrons. The van der Waals surface area contributed by atoms with Crippen molar-refractivity contribution in [3.05, 3.63) is 65.5 Å². The van der Waals surface area contributed by atoms with Crippen molar-refractivity contribution in [1.29, 1.82) is 0 Å². The summed E-state index contributed by atoms with van der Waals surface area (Å²) in [6.45, 7) is 4.03. The molecule has 0 saturated carbocycles. The van der Waals surface area contributed by atoms with Gasteiger partial charge in [0.1, 0.15) is 0 Å². The zero-order valence-corrected chi connectivity index (χ0v) is 13.9. The van der Waals surface area contributed by atoms with Gasteiger partial charge in [-0.05, 0) is 42.8 Å². The minimum atomic E-state index is 0.194. The highest BCUT2D eigenvalue weighted by atomic mass is 32.2. The van der Waals surface area contributed by atoms with Crippen molar-refractivity contribution in [2.45, 2.75) is 18.7 Å². The lowest BCUT2D eigenvalue weighted by atomic mass is 10.1. The Morgan fingerprint density at radius 3 is 2.45 bits per heavy atom. The van der Waals surface area contributed by atoms with Crippen molar-refractivity contribution in [2.24, 2.45) is 7.05 Å². The average molecular weight is 309 g/mol. The molecule has 112 valence electrons. The van der Waals surface area contributed by atoms with Crippen LogP contribution in [0.2, 0.25) is 0 Å². The van der Waals surface area contributed by atoms with Gasteiger partial charge >= 0.3 is 0 Å². The lowest BCUT2D eigenvalue weighted by Gasteiger charge is -2.04. The predicted octanol–water partition coefficient (Wildman–Crippen LogP) is 4.77. The van der Waals surface area contributed by atoms with Gasteiger partial charge in [-0.1, -0.05) is 30.3 Å². The van der Waals surface area contributed by atoms with Crippen LogP contribution in [0.4, 0.5) is 0 Å². The number of hydrogen-bond donors (Lipinski definition) is 0. The molecule has 2 aromatic carbocycles. The van der Waals surface area contributed by atoms with Gasteiger partial charge in [0.05, 0.1) is 5.75 Å².